The Labute approximate surface area is 99.4 Å². The Kier molecular flexibility index (Phi) is 4.05. The number of halogens is 3. The minimum Gasteiger partial charge on any atom is -0.255 e. The fourth-order valence-electron chi connectivity index (χ4n) is 1.55. The lowest BCUT2D eigenvalue weighted by Crippen LogP contribution is -2.03. The number of rotatable bonds is 2. The fraction of sp³-hybridized carbons (Fsp3) is 0.500. The quantitative estimate of drug-likeness (QED) is 0.711. The van der Waals surface area contributed by atoms with Gasteiger partial charge in [-0.05, 0) is 31.9 Å². The molecule has 0 saturated carbocycles. The van der Waals surface area contributed by atoms with Gasteiger partial charge in [0.2, 0.25) is 0 Å². The van der Waals surface area contributed by atoms with Crippen LogP contribution < -0.4 is 0 Å². The van der Waals surface area contributed by atoms with Crippen molar-refractivity contribution in [1.82, 2.24) is 4.98 Å². The Morgan fingerprint density at radius 2 is 1.93 bits per heavy atom. The zero-order chi connectivity index (χ0) is 10.9. The van der Waals surface area contributed by atoms with Gasteiger partial charge < -0.3 is 0 Å². The van der Waals surface area contributed by atoms with E-state index in [1.165, 1.54) is 0 Å². The number of alkyl halides is 2. The first-order valence-electron chi connectivity index (χ1n) is 4.34. The molecule has 1 aromatic rings. The van der Waals surface area contributed by atoms with Gasteiger partial charge in [-0.1, -0.05) is 11.6 Å². The van der Waals surface area contributed by atoms with Crippen molar-refractivity contribution in [3.05, 3.63) is 27.5 Å². The van der Waals surface area contributed by atoms with E-state index in [-0.39, 0.29) is 5.38 Å². The largest absolute Gasteiger partial charge is 0.255 e. The molecule has 0 radical (unpaired) electrons. The second-order valence-electron chi connectivity index (χ2n) is 3.25. The number of hydrogen-bond donors (Lipinski definition) is 0. The first kappa shape index (κ1) is 12.1. The van der Waals surface area contributed by atoms with E-state index in [0.717, 1.165) is 22.5 Å². The molecule has 0 saturated heterocycles. The van der Waals surface area contributed by atoms with Gasteiger partial charge in [0.15, 0.2) is 0 Å². The van der Waals surface area contributed by atoms with E-state index < -0.39 is 0 Å². The molecule has 0 bridgehead atoms. The third-order valence-corrected chi connectivity index (χ3v) is 3.22. The summed E-state index contributed by atoms with van der Waals surface area (Å²) >= 11 is 18.0. The Hall–Kier alpha value is 0.0200. The van der Waals surface area contributed by atoms with E-state index in [0.29, 0.717) is 10.9 Å². The Morgan fingerprint density at radius 3 is 2.36 bits per heavy atom. The molecule has 1 nitrogen and oxygen atoms in total. The van der Waals surface area contributed by atoms with Crippen LogP contribution in [-0.2, 0) is 5.88 Å². The minimum absolute atomic E-state index is 0.116. The molecule has 14 heavy (non-hydrogen) atoms. The first-order valence-corrected chi connectivity index (χ1v) is 5.69. The third kappa shape index (κ3) is 2.16. The van der Waals surface area contributed by atoms with Gasteiger partial charge in [-0.25, -0.2) is 0 Å². The summed E-state index contributed by atoms with van der Waals surface area (Å²) in [6.07, 6.45) is 0. The van der Waals surface area contributed by atoms with Gasteiger partial charge in [-0.15, -0.1) is 23.2 Å². The zero-order valence-electron chi connectivity index (χ0n) is 8.37. The van der Waals surface area contributed by atoms with E-state index >= 15 is 0 Å². The Bertz CT molecular complexity index is 348. The number of hydrogen-bond acceptors (Lipinski definition) is 1. The van der Waals surface area contributed by atoms with Crippen molar-refractivity contribution in [3.8, 4) is 0 Å². The molecular weight excluding hydrogens is 240 g/mol. The molecule has 1 heterocycles. The molecule has 4 heteroatoms. The average Bonchev–Trinajstić information content (AvgIpc) is 2.12. The van der Waals surface area contributed by atoms with Crippen molar-refractivity contribution in [2.24, 2.45) is 0 Å². The fourth-order valence-corrected chi connectivity index (χ4v) is 2.18. The van der Waals surface area contributed by atoms with Gasteiger partial charge in [0, 0.05) is 0 Å². The molecule has 0 spiro atoms. The first-order chi connectivity index (χ1) is 6.49. The molecule has 0 amide bonds. The van der Waals surface area contributed by atoms with E-state index in [1.807, 2.05) is 20.8 Å². The van der Waals surface area contributed by atoms with Crippen LogP contribution in [0.1, 0.15) is 34.8 Å². The SMILES string of the molecule is Cc1nc(CCl)c(C(C)Cl)c(C)c1Cl. The van der Waals surface area contributed by atoms with Gasteiger partial charge in [0.1, 0.15) is 0 Å². The summed E-state index contributed by atoms with van der Waals surface area (Å²) in [5, 5.41) is 0.565. The third-order valence-electron chi connectivity index (χ3n) is 2.19. The highest BCUT2D eigenvalue weighted by molar-refractivity contribution is 6.32. The molecular formula is C10H12Cl3N. The van der Waals surface area contributed by atoms with Crippen molar-refractivity contribution in [2.45, 2.75) is 32.0 Å². The maximum atomic E-state index is 6.09. The maximum Gasteiger partial charge on any atom is 0.0651 e. The number of aryl methyl sites for hydroxylation is 1. The van der Waals surface area contributed by atoms with Crippen molar-refractivity contribution in [2.75, 3.05) is 0 Å². The normalized spacial score (nSPS) is 13.0. The van der Waals surface area contributed by atoms with Crippen LogP contribution in [-0.4, -0.2) is 4.98 Å². The Morgan fingerprint density at radius 1 is 1.36 bits per heavy atom. The highest BCUT2D eigenvalue weighted by Gasteiger charge is 2.16. The van der Waals surface area contributed by atoms with E-state index in [2.05, 4.69) is 4.98 Å². The van der Waals surface area contributed by atoms with Gasteiger partial charge in [-0.3, -0.25) is 4.98 Å². The topological polar surface area (TPSA) is 12.9 Å². The molecule has 0 fully saturated rings. The predicted octanol–water partition coefficient (Wildman–Crippen LogP) is 4.39. The smallest absolute Gasteiger partial charge is 0.0651 e. The highest BCUT2D eigenvalue weighted by atomic mass is 35.5. The lowest BCUT2D eigenvalue weighted by Gasteiger charge is -2.15. The molecule has 0 N–H and O–H groups in total. The molecule has 1 atom stereocenters. The second kappa shape index (κ2) is 4.69. The minimum atomic E-state index is -0.116. The van der Waals surface area contributed by atoms with Gasteiger partial charge in [0.05, 0.1) is 27.7 Å². The van der Waals surface area contributed by atoms with Crippen LogP contribution in [0.5, 0.6) is 0 Å². The average molecular weight is 253 g/mol. The van der Waals surface area contributed by atoms with Gasteiger partial charge in [0.25, 0.3) is 0 Å². The second-order valence-corrected chi connectivity index (χ2v) is 4.55. The molecule has 0 aliphatic heterocycles. The highest BCUT2D eigenvalue weighted by Crippen LogP contribution is 2.32. The molecule has 1 rings (SSSR count). The van der Waals surface area contributed by atoms with Crippen LogP contribution in [0.2, 0.25) is 5.02 Å². The number of nitrogens with zero attached hydrogens (tertiary/aromatic N) is 1. The summed E-state index contributed by atoms with van der Waals surface area (Å²) in [5.41, 5.74) is 3.57. The van der Waals surface area contributed by atoms with Crippen LogP contribution in [0.25, 0.3) is 0 Å². The summed E-state index contributed by atoms with van der Waals surface area (Å²) in [6, 6.07) is 0. The standard InChI is InChI=1S/C10H12Cl3N/c1-5-9(6(2)12)8(4-11)14-7(3)10(5)13/h6H,4H2,1-3H3. The molecule has 0 aliphatic rings. The number of aromatic nitrogens is 1. The molecule has 1 aromatic heterocycles. The molecule has 0 aliphatic carbocycles. The van der Waals surface area contributed by atoms with E-state index in [4.69, 9.17) is 34.8 Å². The van der Waals surface area contributed by atoms with Gasteiger partial charge in [-0.2, -0.15) is 0 Å². The van der Waals surface area contributed by atoms with E-state index in [1.54, 1.807) is 0 Å². The summed E-state index contributed by atoms with van der Waals surface area (Å²) in [7, 11) is 0. The zero-order valence-corrected chi connectivity index (χ0v) is 10.6. The lowest BCUT2D eigenvalue weighted by atomic mass is 10.0. The molecule has 0 aromatic carbocycles. The summed E-state index contributed by atoms with van der Waals surface area (Å²) in [5.74, 6) is 0.366. The van der Waals surface area contributed by atoms with Crippen LogP contribution in [0.15, 0.2) is 0 Å². The summed E-state index contributed by atoms with van der Waals surface area (Å²) < 4.78 is 0. The van der Waals surface area contributed by atoms with Crippen LogP contribution >= 0.6 is 34.8 Å². The number of pyridine rings is 1. The lowest BCUT2D eigenvalue weighted by molar-refractivity contribution is 0.962. The van der Waals surface area contributed by atoms with Crippen molar-refractivity contribution < 1.29 is 0 Å². The maximum absolute atomic E-state index is 6.09. The monoisotopic (exact) mass is 251 g/mol. The summed E-state index contributed by atoms with van der Waals surface area (Å²) in [4.78, 5) is 4.32. The van der Waals surface area contributed by atoms with Crippen LogP contribution in [0, 0.1) is 13.8 Å². The Balaban J connectivity index is 3.45. The summed E-state index contributed by atoms with van der Waals surface area (Å²) in [6.45, 7) is 5.71. The van der Waals surface area contributed by atoms with Crippen molar-refractivity contribution >= 4 is 34.8 Å². The van der Waals surface area contributed by atoms with Crippen LogP contribution in [0.3, 0.4) is 0 Å². The predicted molar refractivity (Wildman–Crippen MR) is 62.5 cm³/mol. The molecule has 1 unspecified atom stereocenters. The molecule has 78 valence electrons. The van der Waals surface area contributed by atoms with Crippen molar-refractivity contribution in [1.29, 1.82) is 0 Å². The van der Waals surface area contributed by atoms with Gasteiger partial charge >= 0.3 is 0 Å². The van der Waals surface area contributed by atoms with Crippen molar-refractivity contribution in [3.63, 3.8) is 0 Å². The van der Waals surface area contributed by atoms with E-state index in [9.17, 15) is 0 Å². The van der Waals surface area contributed by atoms with Crippen LogP contribution in [0.4, 0.5) is 0 Å².